The van der Waals surface area contributed by atoms with Gasteiger partial charge in [-0.1, -0.05) is 72.8 Å². The Morgan fingerprint density at radius 3 is 1.12 bits per heavy atom. The zero-order chi connectivity index (χ0) is 27.6. The molecule has 6 heteroatoms. The van der Waals surface area contributed by atoms with E-state index in [1.807, 2.05) is 72.8 Å². The first-order chi connectivity index (χ1) is 19.7. The molecule has 4 heterocycles. The van der Waals surface area contributed by atoms with Gasteiger partial charge in [0.2, 0.25) is 0 Å². The molecular weight excluding hydrogens is 529 g/mol. The number of hydrogen-bond acceptors (Lipinski definition) is 6. The summed E-state index contributed by atoms with van der Waals surface area (Å²) in [6.07, 6.45) is 7.74. The molecule has 6 rings (SSSR count). The third kappa shape index (κ3) is 7.03. The monoisotopic (exact) mass is 556 g/mol. The van der Waals surface area contributed by atoms with Gasteiger partial charge >= 0.3 is 0 Å². The summed E-state index contributed by atoms with van der Waals surface area (Å²) in [7, 11) is 0. The maximum absolute atomic E-state index is 4.75. The lowest BCUT2D eigenvalue weighted by Gasteiger charge is -2.07. The van der Waals surface area contributed by atoms with Crippen LogP contribution in [0, 0.1) is 0 Å². The second-order valence-electron chi connectivity index (χ2n) is 8.72. The molecule has 2 aromatic carbocycles. The highest BCUT2D eigenvalue weighted by molar-refractivity contribution is 7.98. The predicted octanol–water partition coefficient (Wildman–Crippen LogP) is 9.07. The molecule has 0 amide bonds. The molecule has 6 aromatic rings. The molecule has 0 atom stereocenters. The normalized spacial score (nSPS) is 10.4. The van der Waals surface area contributed by atoms with Crippen molar-refractivity contribution < 1.29 is 0 Å². The number of nitrogens with zero attached hydrogens (tertiary/aromatic N) is 4. The van der Waals surface area contributed by atoms with Gasteiger partial charge in [-0.15, -0.1) is 23.5 Å². The fourth-order valence-electron chi connectivity index (χ4n) is 4.05. The van der Waals surface area contributed by atoms with E-state index in [4.69, 9.17) is 9.97 Å². The Morgan fingerprint density at radius 2 is 0.775 bits per heavy atom. The lowest BCUT2D eigenvalue weighted by molar-refractivity contribution is 1.22. The van der Waals surface area contributed by atoms with Crippen LogP contribution in [0.4, 0.5) is 0 Å². The maximum atomic E-state index is 4.75. The van der Waals surface area contributed by atoms with E-state index < -0.39 is 0 Å². The molecule has 0 saturated carbocycles. The number of thioether (sulfide) groups is 2. The molecule has 0 fully saturated rings. The highest BCUT2D eigenvalue weighted by Gasteiger charge is 2.08. The van der Waals surface area contributed by atoms with Crippen LogP contribution in [0.1, 0.15) is 0 Å². The summed E-state index contributed by atoms with van der Waals surface area (Å²) in [6, 6.07) is 40.6. The van der Waals surface area contributed by atoms with E-state index in [9.17, 15) is 0 Å². The topological polar surface area (TPSA) is 51.6 Å². The first-order valence-corrected chi connectivity index (χ1v) is 15.2. The van der Waals surface area contributed by atoms with E-state index in [-0.39, 0.29) is 0 Å². The quantitative estimate of drug-likeness (QED) is 0.191. The van der Waals surface area contributed by atoms with E-state index in [0.29, 0.717) is 0 Å². The van der Waals surface area contributed by atoms with Crippen molar-refractivity contribution in [3.05, 3.63) is 134 Å². The highest BCUT2D eigenvalue weighted by atomic mass is 32.2. The number of hydrogen-bond donors (Lipinski definition) is 0. The van der Waals surface area contributed by atoms with E-state index >= 15 is 0 Å². The minimum atomic E-state index is 0.903. The van der Waals surface area contributed by atoms with Crippen LogP contribution in [-0.4, -0.2) is 32.4 Å². The molecule has 0 radical (unpaired) electrons. The van der Waals surface area contributed by atoms with Crippen LogP contribution in [0.25, 0.3) is 45.3 Å². The first-order valence-electron chi connectivity index (χ1n) is 12.8. The van der Waals surface area contributed by atoms with Gasteiger partial charge in [0.25, 0.3) is 0 Å². The molecule has 0 aliphatic heterocycles. The van der Waals surface area contributed by atoms with Crippen LogP contribution in [0.15, 0.2) is 144 Å². The lowest BCUT2D eigenvalue weighted by Crippen LogP contribution is -1.91. The Balaban J connectivity index is 0.000000161. The van der Waals surface area contributed by atoms with Crippen molar-refractivity contribution in [2.45, 2.75) is 9.79 Å². The SMILES string of the molecule is CSc1cc(-c2ccccc2)nc(-c2ccccn2)c1.CSc1cc(-c2ccccc2)nc(-c2ccccn2)c1. The summed E-state index contributed by atoms with van der Waals surface area (Å²) in [5.74, 6) is 0. The van der Waals surface area contributed by atoms with Gasteiger partial charge < -0.3 is 0 Å². The maximum Gasteiger partial charge on any atom is 0.0904 e. The van der Waals surface area contributed by atoms with Gasteiger partial charge in [0, 0.05) is 33.3 Å². The van der Waals surface area contributed by atoms with Gasteiger partial charge in [-0.05, 0) is 61.0 Å². The Morgan fingerprint density at radius 1 is 0.400 bits per heavy atom. The summed E-state index contributed by atoms with van der Waals surface area (Å²) < 4.78 is 0. The number of benzene rings is 2. The minimum absolute atomic E-state index is 0.903. The minimum Gasteiger partial charge on any atom is -0.255 e. The Kier molecular flexibility index (Phi) is 9.35. The van der Waals surface area contributed by atoms with Gasteiger partial charge in [-0.3, -0.25) is 9.97 Å². The largest absolute Gasteiger partial charge is 0.255 e. The van der Waals surface area contributed by atoms with Crippen LogP contribution in [0.5, 0.6) is 0 Å². The Hall–Kier alpha value is -4.26. The number of aromatic nitrogens is 4. The average molecular weight is 557 g/mol. The number of pyridine rings is 4. The molecule has 4 aromatic heterocycles. The van der Waals surface area contributed by atoms with Gasteiger partial charge in [-0.2, -0.15) is 0 Å². The second kappa shape index (κ2) is 13.7. The summed E-state index contributed by atoms with van der Waals surface area (Å²) >= 11 is 3.44. The smallest absolute Gasteiger partial charge is 0.0904 e. The standard InChI is InChI=1S/2C17H14N2S/c2*1-20-14-11-16(13-7-3-2-4-8-13)19-17(12-14)15-9-5-6-10-18-15/h2*2-12H,1H3. The first kappa shape index (κ1) is 27.3. The fourth-order valence-corrected chi connectivity index (χ4v) is 4.97. The van der Waals surface area contributed by atoms with Crippen LogP contribution in [-0.2, 0) is 0 Å². The van der Waals surface area contributed by atoms with E-state index in [1.165, 1.54) is 9.79 Å². The molecule has 196 valence electrons. The Labute approximate surface area is 244 Å². The zero-order valence-corrected chi connectivity index (χ0v) is 23.9. The van der Waals surface area contributed by atoms with Crippen LogP contribution < -0.4 is 0 Å². The van der Waals surface area contributed by atoms with Crippen molar-refractivity contribution in [3.63, 3.8) is 0 Å². The van der Waals surface area contributed by atoms with Gasteiger partial charge in [-0.25, -0.2) is 9.97 Å². The summed E-state index contributed by atoms with van der Waals surface area (Å²) in [4.78, 5) is 20.7. The van der Waals surface area contributed by atoms with Crippen LogP contribution in [0.2, 0.25) is 0 Å². The van der Waals surface area contributed by atoms with Gasteiger partial charge in [0.15, 0.2) is 0 Å². The molecule has 4 nitrogen and oxygen atoms in total. The van der Waals surface area contributed by atoms with Crippen molar-refractivity contribution >= 4 is 23.5 Å². The molecule has 0 unspecified atom stereocenters. The van der Waals surface area contributed by atoms with Crippen molar-refractivity contribution in [3.8, 4) is 45.3 Å². The average Bonchev–Trinajstić information content (AvgIpc) is 3.06. The summed E-state index contributed by atoms with van der Waals surface area (Å²) in [6.45, 7) is 0. The number of rotatable bonds is 6. The lowest BCUT2D eigenvalue weighted by atomic mass is 10.1. The van der Waals surface area contributed by atoms with Crippen molar-refractivity contribution in [1.82, 2.24) is 19.9 Å². The van der Waals surface area contributed by atoms with E-state index in [1.54, 1.807) is 35.9 Å². The van der Waals surface area contributed by atoms with E-state index in [0.717, 1.165) is 45.3 Å². The fraction of sp³-hybridized carbons (Fsp3) is 0.0588. The molecule has 40 heavy (non-hydrogen) atoms. The third-order valence-corrected chi connectivity index (χ3v) is 7.48. The van der Waals surface area contributed by atoms with Crippen LogP contribution in [0.3, 0.4) is 0 Å². The molecule has 0 saturated heterocycles. The predicted molar refractivity (Wildman–Crippen MR) is 169 cm³/mol. The molecule has 0 N–H and O–H groups in total. The third-order valence-electron chi connectivity index (χ3n) is 6.06. The molecular formula is C34H28N4S2. The highest BCUT2D eigenvalue weighted by Crippen LogP contribution is 2.29. The summed E-state index contributed by atoms with van der Waals surface area (Å²) in [5, 5.41) is 0. The van der Waals surface area contributed by atoms with E-state index in [2.05, 4.69) is 71.0 Å². The van der Waals surface area contributed by atoms with Gasteiger partial charge in [0.05, 0.1) is 34.2 Å². The molecule has 0 bridgehead atoms. The Bertz CT molecular complexity index is 1400. The van der Waals surface area contributed by atoms with Crippen molar-refractivity contribution in [2.75, 3.05) is 12.5 Å². The zero-order valence-electron chi connectivity index (χ0n) is 22.3. The van der Waals surface area contributed by atoms with Crippen molar-refractivity contribution in [1.29, 1.82) is 0 Å². The molecule has 0 aliphatic rings. The summed E-state index contributed by atoms with van der Waals surface area (Å²) in [5.41, 5.74) is 7.85. The molecule has 0 spiro atoms. The van der Waals surface area contributed by atoms with Gasteiger partial charge in [0.1, 0.15) is 0 Å². The van der Waals surface area contributed by atoms with Crippen molar-refractivity contribution in [2.24, 2.45) is 0 Å². The molecule has 0 aliphatic carbocycles. The second-order valence-corrected chi connectivity index (χ2v) is 10.5. The van der Waals surface area contributed by atoms with Crippen LogP contribution >= 0.6 is 23.5 Å².